The number of carbonyl (C=O) groups is 1. The topological polar surface area (TPSA) is 91.0 Å². The average molecular weight is 394 g/mol. The van der Waals surface area contributed by atoms with Crippen LogP contribution in [0.3, 0.4) is 0 Å². The van der Waals surface area contributed by atoms with Crippen LogP contribution in [0.25, 0.3) is 0 Å². The summed E-state index contributed by atoms with van der Waals surface area (Å²) in [7, 11) is 0. The lowest BCUT2D eigenvalue weighted by atomic mass is 10.2. The zero-order chi connectivity index (χ0) is 20.6. The Morgan fingerprint density at radius 2 is 1.76 bits per heavy atom. The summed E-state index contributed by atoms with van der Waals surface area (Å²) in [5, 5.41) is 11.4. The molecule has 0 aliphatic heterocycles. The van der Waals surface area contributed by atoms with Gasteiger partial charge in [0.25, 0.3) is 0 Å². The number of aromatic nitrogens is 2. The van der Waals surface area contributed by atoms with Crippen molar-refractivity contribution in [3.05, 3.63) is 71.7 Å². The molecule has 0 aliphatic rings. The average Bonchev–Trinajstić information content (AvgIpc) is 2.68. The summed E-state index contributed by atoms with van der Waals surface area (Å²) in [6.07, 6.45) is 0. The van der Waals surface area contributed by atoms with E-state index in [0.29, 0.717) is 24.9 Å². The molecule has 0 spiro atoms. The van der Waals surface area contributed by atoms with Gasteiger partial charge < -0.3 is 21.3 Å². The molecule has 0 atom stereocenters. The van der Waals surface area contributed by atoms with Gasteiger partial charge in [0, 0.05) is 30.5 Å². The van der Waals surface area contributed by atoms with Crippen molar-refractivity contribution in [2.45, 2.75) is 13.8 Å². The highest BCUT2D eigenvalue weighted by Crippen LogP contribution is 2.17. The van der Waals surface area contributed by atoms with Gasteiger partial charge in [0.15, 0.2) is 0 Å². The third-order valence-electron chi connectivity index (χ3n) is 3.99. The van der Waals surface area contributed by atoms with Crippen molar-refractivity contribution in [3.63, 3.8) is 0 Å². The first kappa shape index (κ1) is 20.1. The molecule has 4 N–H and O–H groups in total. The lowest BCUT2D eigenvalue weighted by Gasteiger charge is -2.11. The fraction of sp³-hybridized carbons (Fsp3) is 0.190. The van der Waals surface area contributed by atoms with E-state index in [9.17, 15) is 9.18 Å². The van der Waals surface area contributed by atoms with Gasteiger partial charge in [-0.05, 0) is 38.1 Å². The molecule has 1 aromatic heterocycles. The highest BCUT2D eigenvalue weighted by Gasteiger charge is 2.06. The van der Waals surface area contributed by atoms with E-state index in [4.69, 9.17) is 0 Å². The molecular formula is C21H23FN6O. The smallest absolute Gasteiger partial charge is 0.319 e. The van der Waals surface area contributed by atoms with Crippen LogP contribution in [-0.4, -0.2) is 29.1 Å². The number of hydrogen-bond donors (Lipinski definition) is 4. The zero-order valence-electron chi connectivity index (χ0n) is 16.3. The van der Waals surface area contributed by atoms with Crippen LogP contribution < -0.4 is 21.3 Å². The molecule has 0 saturated heterocycles. The molecule has 0 bridgehead atoms. The number of anilines is 4. The second-order valence-corrected chi connectivity index (χ2v) is 6.50. The maximum absolute atomic E-state index is 13.5. The number of rotatable bonds is 7. The number of nitrogens with zero attached hydrogens (tertiary/aromatic N) is 2. The Labute approximate surface area is 168 Å². The largest absolute Gasteiger partial charge is 0.352 e. The van der Waals surface area contributed by atoms with E-state index in [1.54, 1.807) is 12.1 Å². The molecule has 0 fully saturated rings. The highest BCUT2D eigenvalue weighted by atomic mass is 19.1. The van der Waals surface area contributed by atoms with Crippen molar-refractivity contribution in [2.75, 3.05) is 29.0 Å². The minimum atomic E-state index is -0.484. The minimum absolute atomic E-state index is 0.131. The first-order chi connectivity index (χ1) is 14.0. The van der Waals surface area contributed by atoms with Gasteiger partial charge in [0.2, 0.25) is 5.95 Å². The number of halogens is 1. The van der Waals surface area contributed by atoms with Crippen LogP contribution in [0.4, 0.5) is 32.3 Å². The molecule has 0 aliphatic carbocycles. The van der Waals surface area contributed by atoms with Crippen molar-refractivity contribution < 1.29 is 9.18 Å². The molecule has 7 nitrogen and oxygen atoms in total. The van der Waals surface area contributed by atoms with E-state index in [-0.39, 0.29) is 5.69 Å². The number of amides is 2. The summed E-state index contributed by atoms with van der Waals surface area (Å²) in [6, 6.07) is 15.4. The van der Waals surface area contributed by atoms with Crippen molar-refractivity contribution in [3.8, 4) is 0 Å². The second kappa shape index (κ2) is 9.50. The molecular weight excluding hydrogens is 371 g/mol. The fourth-order valence-electron chi connectivity index (χ4n) is 2.58. The van der Waals surface area contributed by atoms with Gasteiger partial charge in [-0.3, -0.25) is 0 Å². The van der Waals surface area contributed by atoms with E-state index < -0.39 is 11.8 Å². The Kier molecular flexibility index (Phi) is 6.57. The minimum Gasteiger partial charge on any atom is -0.352 e. The normalized spacial score (nSPS) is 10.3. The van der Waals surface area contributed by atoms with E-state index in [0.717, 1.165) is 11.4 Å². The molecule has 29 heavy (non-hydrogen) atoms. The van der Waals surface area contributed by atoms with Crippen LogP contribution in [0.15, 0.2) is 54.6 Å². The molecule has 0 radical (unpaired) electrons. The van der Waals surface area contributed by atoms with E-state index in [2.05, 4.69) is 31.2 Å². The SMILES string of the molecule is Cc1ccc(Nc2cc(C)nc(NCCNC(=O)Nc3ccccc3F)n2)cc1. The molecule has 0 saturated carbocycles. The third kappa shape index (κ3) is 6.17. The van der Waals surface area contributed by atoms with Crippen LogP contribution in [0.5, 0.6) is 0 Å². The van der Waals surface area contributed by atoms with Crippen LogP contribution in [0.1, 0.15) is 11.3 Å². The Balaban J connectivity index is 1.49. The molecule has 1 heterocycles. The summed E-state index contributed by atoms with van der Waals surface area (Å²) in [6.45, 7) is 4.65. The number of nitrogens with one attached hydrogen (secondary N) is 4. The van der Waals surface area contributed by atoms with Crippen molar-refractivity contribution in [1.29, 1.82) is 0 Å². The second-order valence-electron chi connectivity index (χ2n) is 6.50. The van der Waals surface area contributed by atoms with Crippen LogP contribution in [0, 0.1) is 19.7 Å². The number of aryl methyl sites for hydroxylation is 2. The Morgan fingerprint density at radius 1 is 1.00 bits per heavy atom. The maximum Gasteiger partial charge on any atom is 0.319 e. The number of carbonyl (C=O) groups excluding carboxylic acids is 1. The standard InChI is InChI=1S/C21H23FN6O/c1-14-7-9-16(10-8-14)26-19-13-15(2)25-20(28-19)23-11-12-24-21(29)27-18-6-4-3-5-17(18)22/h3-10,13H,11-12H2,1-2H3,(H2,24,27,29)(H2,23,25,26,28). The monoisotopic (exact) mass is 394 g/mol. The van der Waals surface area contributed by atoms with E-state index in [1.807, 2.05) is 44.2 Å². The van der Waals surface area contributed by atoms with Gasteiger partial charge in [0.05, 0.1) is 5.69 Å². The molecule has 150 valence electrons. The molecule has 8 heteroatoms. The maximum atomic E-state index is 13.5. The summed E-state index contributed by atoms with van der Waals surface area (Å²) in [4.78, 5) is 20.6. The van der Waals surface area contributed by atoms with E-state index >= 15 is 0 Å². The van der Waals surface area contributed by atoms with Crippen molar-refractivity contribution in [1.82, 2.24) is 15.3 Å². The Morgan fingerprint density at radius 3 is 2.52 bits per heavy atom. The summed E-state index contributed by atoms with van der Waals surface area (Å²) in [5.41, 5.74) is 3.06. The lowest BCUT2D eigenvalue weighted by Crippen LogP contribution is -2.33. The lowest BCUT2D eigenvalue weighted by molar-refractivity contribution is 0.252. The van der Waals surface area contributed by atoms with Gasteiger partial charge in [-0.1, -0.05) is 29.8 Å². The number of benzene rings is 2. The predicted molar refractivity (Wildman–Crippen MR) is 113 cm³/mol. The van der Waals surface area contributed by atoms with Gasteiger partial charge in [-0.15, -0.1) is 0 Å². The van der Waals surface area contributed by atoms with Crippen LogP contribution in [-0.2, 0) is 0 Å². The van der Waals surface area contributed by atoms with Gasteiger partial charge in [-0.2, -0.15) is 4.98 Å². The number of urea groups is 1. The summed E-state index contributed by atoms with van der Waals surface area (Å²) >= 11 is 0. The molecule has 2 aromatic carbocycles. The fourth-order valence-corrected chi connectivity index (χ4v) is 2.58. The first-order valence-corrected chi connectivity index (χ1v) is 9.22. The quantitative estimate of drug-likeness (QED) is 0.451. The first-order valence-electron chi connectivity index (χ1n) is 9.22. The molecule has 2 amide bonds. The third-order valence-corrected chi connectivity index (χ3v) is 3.99. The van der Waals surface area contributed by atoms with Gasteiger partial charge in [0.1, 0.15) is 11.6 Å². The Hall–Kier alpha value is -3.68. The van der Waals surface area contributed by atoms with Gasteiger partial charge in [-0.25, -0.2) is 14.2 Å². The molecule has 0 unspecified atom stereocenters. The summed E-state index contributed by atoms with van der Waals surface area (Å²) < 4.78 is 13.5. The van der Waals surface area contributed by atoms with Crippen molar-refractivity contribution in [2.24, 2.45) is 0 Å². The van der Waals surface area contributed by atoms with Crippen LogP contribution in [0.2, 0.25) is 0 Å². The predicted octanol–water partition coefficient (Wildman–Crippen LogP) is 4.21. The summed E-state index contributed by atoms with van der Waals surface area (Å²) in [5.74, 6) is 0.646. The molecule has 3 aromatic rings. The highest BCUT2D eigenvalue weighted by molar-refractivity contribution is 5.89. The van der Waals surface area contributed by atoms with Gasteiger partial charge >= 0.3 is 6.03 Å². The zero-order valence-corrected chi connectivity index (χ0v) is 16.3. The molecule has 3 rings (SSSR count). The number of hydrogen-bond acceptors (Lipinski definition) is 5. The Bertz CT molecular complexity index is 977. The van der Waals surface area contributed by atoms with E-state index in [1.165, 1.54) is 17.7 Å². The van der Waals surface area contributed by atoms with Crippen molar-refractivity contribution >= 4 is 29.2 Å². The van der Waals surface area contributed by atoms with Crippen LogP contribution >= 0.6 is 0 Å². The number of para-hydroxylation sites is 1.